The molecule has 0 aliphatic heterocycles. The molecule has 4 rings (SSSR count). The number of aryl methyl sites for hydroxylation is 2. The Morgan fingerprint density at radius 3 is 2.42 bits per heavy atom. The van der Waals surface area contributed by atoms with Crippen molar-refractivity contribution in [3.63, 3.8) is 0 Å². The lowest BCUT2D eigenvalue weighted by molar-refractivity contribution is 0.723. The molecule has 0 amide bonds. The van der Waals surface area contributed by atoms with Crippen molar-refractivity contribution in [3.05, 3.63) is 70.1 Å². The van der Waals surface area contributed by atoms with E-state index in [2.05, 4.69) is 41.3 Å². The number of hydrogen-bond donors (Lipinski definition) is 0. The highest BCUT2D eigenvalue weighted by Gasteiger charge is 2.17. The Hall–Kier alpha value is -2.79. The third-order valence-corrected chi connectivity index (χ3v) is 5.07. The largest absolute Gasteiger partial charge is 0.275 e. The molecule has 24 heavy (non-hydrogen) atoms. The summed E-state index contributed by atoms with van der Waals surface area (Å²) in [5, 5.41) is 7.25. The highest BCUT2D eigenvalue weighted by Crippen LogP contribution is 2.36. The van der Waals surface area contributed by atoms with Crippen molar-refractivity contribution >= 4 is 21.4 Å². The summed E-state index contributed by atoms with van der Waals surface area (Å²) < 4.78 is 2.34. The number of nitrogens with zero attached hydrogens (tertiary/aromatic N) is 3. The molecule has 0 unspecified atom stereocenters. The van der Waals surface area contributed by atoms with Crippen LogP contribution in [-0.4, -0.2) is 14.8 Å². The number of aromatic nitrogens is 3. The minimum absolute atomic E-state index is 0.0698. The lowest BCUT2D eigenvalue weighted by Gasteiger charge is -2.06. The van der Waals surface area contributed by atoms with Gasteiger partial charge in [-0.1, -0.05) is 29.8 Å². The van der Waals surface area contributed by atoms with Crippen LogP contribution in [0.25, 0.3) is 32.5 Å². The summed E-state index contributed by atoms with van der Waals surface area (Å²) in [4.78, 5) is 16.8. The maximum Gasteiger partial charge on any atom is 0.275 e. The van der Waals surface area contributed by atoms with Crippen LogP contribution in [0.5, 0.6) is 0 Å². The Balaban J connectivity index is 2.04. The van der Waals surface area contributed by atoms with Crippen molar-refractivity contribution in [2.24, 2.45) is 7.05 Å². The Morgan fingerprint density at radius 2 is 1.71 bits per heavy atom. The molecule has 1 aromatic carbocycles. The average Bonchev–Trinajstić information content (AvgIpc) is 3.05. The van der Waals surface area contributed by atoms with Gasteiger partial charge in [0.1, 0.15) is 5.69 Å². The van der Waals surface area contributed by atoms with E-state index < -0.39 is 0 Å². The van der Waals surface area contributed by atoms with E-state index in [4.69, 9.17) is 0 Å². The van der Waals surface area contributed by atoms with E-state index >= 15 is 0 Å². The van der Waals surface area contributed by atoms with Crippen molar-refractivity contribution in [1.29, 1.82) is 0 Å². The van der Waals surface area contributed by atoms with E-state index in [0.29, 0.717) is 0 Å². The van der Waals surface area contributed by atoms with E-state index in [1.807, 2.05) is 17.5 Å². The molecule has 0 spiro atoms. The summed E-state index contributed by atoms with van der Waals surface area (Å²) >= 11 is 1.56. The van der Waals surface area contributed by atoms with Gasteiger partial charge in [0.05, 0.1) is 10.1 Å². The summed E-state index contributed by atoms with van der Waals surface area (Å²) in [6.07, 6.45) is 3.48. The molecule has 4 aromatic rings. The maximum atomic E-state index is 12.7. The van der Waals surface area contributed by atoms with Crippen LogP contribution < -0.4 is 5.56 Å². The van der Waals surface area contributed by atoms with Gasteiger partial charge >= 0.3 is 0 Å². The van der Waals surface area contributed by atoms with Gasteiger partial charge in [0.2, 0.25) is 0 Å². The zero-order valence-corrected chi connectivity index (χ0v) is 14.2. The molecule has 0 N–H and O–H groups in total. The molecular weight excluding hydrogens is 318 g/mol. The molecular formula is C19H15N3OS. The minimum Gasteiger partial charge on any atom is -0.267 e. The Bertz CT molecular complexity index is 1080. The summed E-state index contributed by atoms with van der Waals surface area (Å²) in [6, 6.07) is 12.1. The third-order valence-electron chi connectivity index (χ3n) is 4.08. The van der Waals surface area contributed by atoms with Crippen LogP contribution in [0, 0.1) is 6.92 Å². The van der Waals surface area contributed by atoms with Gasteiger partial charge in [0, 0.05) is 35.9 Å². The summed E-state index contributed by atoms with van der Waals surface area (Å²) in [5.74, 6) is 0. The van der Waals surface area contributed by atoms with Crippen LogP contribution in [0.15, 0.2) is 59.0 Å². The number of thiophene rings is 1. The monoisotopic (exact) mass is 333 g/mol. The SMILES string of the molecule is Cc1ccc(-c2csc3c(-c4ccncc4)nn(C)c(=O)c23)cc1. The second-order valence-corrected chi connectivity index (χ2v) is 6.61. The molecule has 0 aliphatic carbocycles. The molecule has 0 bridgehead atoms. The second kappa shape index (κ2) is 5.69. The van der Waals surface area contributed by atoms with Crippen molar-refractivity contribution in [2.75, 3.05) is 0 Å². The first kappa shape index (κ1) is 14.8. The fourth-order valence-electron chi connectivity index (χ4n) is 2.79. The van der Waals surface area contributed by atoms with Crippen molar-refractivity contribution in [1.82, 2.24) is 14.8 Å². The van der Waals surface area contributed by atoms with Crippen LogP contribution in [-0.2, 0) is 7.05 Å². The molecule has 5 heteroatoms. The van der Waals surface area contributed by atoms with Gasteiger partial charge in [-0.05, 0) is 24.6 Å². The van der Waals surface area contributed by atoms with E-state index in [1.54, 1.807) is 30.8 Å². The molecule has 0 fully saturated rings. The van der Waals surface area contributed by atoms with Gasteiger partial charge in [-0.3, -0.25) is 9.78 Å². The molecule has 0 atom stereocenters. The number of hydrogen-bond acceptors (Lipinski definition) is 4. The fraction of sp³-hybridized carbons (Fsp3) is 0.105. The number of pyridine rings is 1. The topological polar surface area (TPSA) is 47.8 Å². The molecule has 0 saturated carbocycles. The van der Waals surface area contributed by atoms with Crippen LogP contribution in [0.4, 0.5) is 0 Å². The van der Waals surface area contributed by atoms with Crippen LogP contribution in [0.2, 0.25) is 0 Å². The summed E-state index contributed by atoms with van der Waals surface area (Å²) in [6.45, 7) is 2.06. The quantitative estimate of drug-likeness (QED) is 0.556. The molecule has 3 heterocycles. The smallest absolute Gasteiger partial charge is 0.267 e. The predicted octanol–water partition coefficient (Wildman–Crippen LogP) is 4.03. The van der Waals surface area contributed by atoms with Gasteiger partial charge < -0.3 is 0 Å². The van der Waals surface area contributed by atoms with Crippen molar-refractivity contribution in [3.8, 4) is 22.4 Å². The van der Waals surface area contributed by atoms with Crippen molar-refractivity contribution in [2.45, 2.75) is 6.92 Å². The number of fused-ring (bicyclic) bond motifs is 1. The lowest BCUT2D eigenvalue weighted by Crippen LogP contribution is -2.20. The molecule has 0 saturated heterocycles. The van der Waals surface area contributed by atoms with Gasteiger partial charge in [-0.2, -0.15) is 5.10 Å². The Kier molecular flexibility index (Phi) is 3.50. The van der Waals surface area contributed by atoms with Gasteiger partial charge in [-0.25, -0.2) is 4.68 Å². The zero-order valence-electron chi connectivity index (χ0n) is 13.4. The first-order valence-corrected chi connectivity index (χ1v) is 8.49. The van der Waals surface area contributed by atoms with E-state index in [-0.39, 0.29) is 5.56 Å². The number of benzene rings is 1. The highest BCUT2D eigenvalue weighted by molar-refractivity contribution is 7.18. The Morgan fingerprint density at radius 1 is 1.00 bits per heavy atom. The highest BCUT2D eigenvalue weighted by atomic mass is 32.1. The molecule has 4 nitrogen and oxygen atoms in total. The standard InChI is InChI=1S/C19H15N3OS/c1-12-3-5-13(6-4-12)15-11-24-18-16(15)19(23)22(2)21-17(18)14-7-9-20-10-8-14/h3-11H,1-2H3. The van der Waals surface area contributed by atoms with E-state index in [0.717, 1.165) is 32.5 Å². The van der Waals surface area contributed by atoms with E-state index in [9.17, 15) is 4.79 Å². The second-order valence-electron chi connectivity index (χ2n) is 5.73. The van der Waals surface area contributed by atoms with Gasteiger partial charge in [0.25, 0.3) is 5.56 Å². The van der Waals surface area contributed by atoms with Gasteiger partial charge in [-0.15, -0.1) is 11.3 Å². The molecule has 0 radical (unpaired) electrons. The molecule has 0 aliphatic rings. The third kappa shape index (κ3) is 2.34. The van der Waals surface area contributed by atoms with Crippen LogP contribution in [0.3, 0.4) is 0 Å². The maximum absolute atomic E-state index is 12.7. The molecule has 118 valence electrons. The normalized spacial score (nSPS) is 11.1. The number of rotatable bonds is 2. The first-order chi connectivity index (χ1) is 11.6. The van der Waals surface area contributed by atoms with Crippen LogP contribution >= 0.6 is 11.3 Å². The fourth-order valence-corrected chi connectivity index (χ4v) is 3.87. The predicted molar refractivity (Wildman–Crippen MR) is 98.3 cm³/mol. The summed E-state index contributed by atoms with van der Waals surface area (Å²) in [7, 11) is 1.70. The van der Waals surface area contributed by atoms with Crippen LogP contribution in [0.1, 0.15) is 5.56 Å². The van der Waals surface area contributed by atoms with Crippen molar-refractivity contribution < 1.29 is 0 Å². The summed E-state index contributed by atoms with van der Waals surface area (Å²) in [5.41, 5.74) is 4.93. The zero-order chi connectivity index (χ0) is 16.7. The Labute approximate surface area is 143 Å². The van der Waals surface area contributed by atoms with E-state index in [1.165, 1.54) is 10.2 Å². The lowest BCUT2D eigenvalue weighted by atomic mass is 10.0. The first-order valence-electron chi connectivity index (χ1n) is 7.61. The molecule has 3 aromatic heterocycles. The van der Waals surface area contributed by atoms with Gasteiger partial charge in [0.15, 0.2) is 0 Å². The minimum atomic E-state index is -0.0698. The average molecular weight is 333 g/mol.